The number of nitriles is 1. The summed E-state index contributed by atoms with van der Waals surface area (Å²) in [6, 6.07) is 10.0. The SMILES string of the molecule is COc1ccc(-c2nnc(SCC(=O)Nc3sc4c(c3C#N)CCCC4)n2CC(C)C)cc1. The Labute approximate surface area is 202 Å². The van der Waals surface area contributed by atoms with Gasteiger partial charge in [0.15, 0.2) is 11.0 Å². The van der Waals surface area contributed by atoms with E-state index in [4.69, 9.17) is 4.74 Å². The van der Waals surface area contributed by atoms with Crippen LogP contribution in [0.25, 0.3) is 11.4 Å². The summed E-state index contributed by atoms with van der Waals surface area (Å²) in [6.07, 6.45) is 4.16. The van der Waals surface area contributed by atoms with Gasteiger partial charge < -0.3 is 14.6 Å². The normalized spacial score (nSPS) is 12.9. The third-order valence-corrected chi connectivity index (χ3v) is 7.66. The number of fused-ring (bicyclic) bond motifs is 1. The molecule has 33 heavy (non-hydrogen) atoms. The maximum Gasteiger partial charge on any atom is 0.235 e. The molecule has 1 N–H and O–H groups in total. The molecular weight excluding hydrogens is 454 g/mol. The Morgan fingerprint density at radius 3 is 2.73 bits per heavy atom. The Hall–Kier alpha value is -2.83. The molecule has 0 spiro atoms. The van der Waals surface area contributed by atoms with E-state index in [9.17, 15) is 10.1 Å². The summed E-state index contributed by atoms with van der Waals surface area (Å²) < 4.78 is 7.32. The number of amides is 1. The molecule has 1 amide bonds. The molecule has 9 heteroatoms. The number of methoxy groups -OCH3 is 1. The van der Waals surface area contributed by atoms with Crippen LogP contribution < -0.4 is 10.1 Å². The van der Waals surface area contributed by atoms with Gasteiger partial charge >= 0.3 is 0 Å². The zero-order valence-corrected chi connectivity index (χ0v) is 20.7. The topological polar surface area (TPSA) is 92.8 Å². The van der Waals surface area contributed by atoms with Crippen molar-refractivity contribution >= 4 is 34.0 Å². The molecule has 2 aromatic heterocycles. The van der Waals surface area contributed by atoms with E-state index in [2.05, 4.69) is 40.0 Å². The molecule has 1 aromatic carbocycles. The molecule has 0 saturated heterocycles. The van der Waals surface area contributed by atoms with Gasteiger partial charge in [-0.3, -0.25) is 4.79 Å². The van der Waals surface area contributed by atoms with Gasteiger partial charge in [0.25, 0.3) is 0 Å². The van der Waals surface area contributed by atoms with Crippen LogP contribution in [0.4, 0.5) is 5.00 Å². The van der Waals surface area contributed by atoms with Gasteiger partial charge in [-0.05, 0) is 61.4 Å². The first-order chi connectivity index (χ1) is 16.0. The van der Waals surface area contributed by atoms with Crippen LogP contribution in [0.3, 0.4) is 0 Å². The largest absolute Gasteiger partial charge is 0.497 e. The smallest absolute Gasteiger partial charge is 0.235 e. The molecule has 2 heterocycles. The average Bonchev–Trinajstić information content (AvgIpc) is 3.37. The number of aryl methyl sites for hydroxylation is 1. The molecule has 0 bridgehead atoms. The maximum atomic E-state index is 12.7. The van der Waals surface area contributed by atoms with Crippen LogP contribution in [0.15, 0.2) is 29.4 Å². The lowest BCUT2D eigenvalue weighted by Gasteiger charge is -2.12. The Bertz CT molecular complexity index is 1170. The number of carbonyl (C=O) groups excluding carboxylic acids is 1. The van der Waals surface area contributed by atoms with Crippen molar-refractivity contribution in [3.05, 3.63) is 40.3 Å². The highest BCUT2D eigenvalue weighted by Crippen LogP contribution is 2.37. The van der Waals surface area contributed by atoms with Crippen LogP contribution in [0.1, 0.15) is 42.7 Å². The Morgan fingerprint density at radius 1 is 1.27 bits per heavy atom. The molecule has 0 atom stereocenters. The molecule has 1 aliphatic rings. The molecule has 1 aliphatic carbocycles. The molecule has 0 saturated carbocycles. The molecular formula is C24H27N5O2S2. The number of aromatic nitrogens is 3. The first-order valence-electron chi connectivity index (χ1n) is 11.0. The predicted octanol–water partition coefficient (Wildman–Crippen LogP) is 5.15. The zero-order chi connectivity index (χ0) is 23.4. The Balaban J connectivity index is 1.49. The van der Waals surface area contributed by atoms with Crippen molar-refractivity contribution in [3.8, 4) is 23.2 Å². The fraction of sp³-hybridized carbons (Fsp3) is 0.417. The number of rotatable bonds is 8. The summed E-state index contributed by atoms with van der Waals surface area (Å²) in [7, 11) is 1.64. The molecule has 0 aliphatic heterocycles. The predicted molar refractivity (Wildman–Crippen MR) is 132 cm³/mol. The van der Waals surface area contributed by atoms with E-state index < -0.39 is 0 Å². The van der Waals surface area contributed by atoms with E-state index in [-0.39, 0.29) is 11.7 Å². The van der Waals surface area contributed by atoms with Crippen molar-refractivity contribution in [1.29, 1.82) is 5.26 Å². The van der Waals surface area contributed by atoms with Crippen LogP contribution in [0.5, 0.6) is 5.75 Å². The number of thiophene rings is 1. The minimum absolute atomic E-state index is 0.139. The van der Waals surface area contributed by atoms with Crippen molar-refractivity contribution in [2.45, 2.75) is 51.2 Å². The van der Waals surface area contributed by atoms with Crippen LogP contribution >= 0.6 is 23.1 Å². The van der Waals surface area contributed by atoms with Gasteiger partial charge in [-0.15, -0.1) is 21.5 Å². The zero-order valence-electron chi connectivity index (χ0n) is 19.1. The summed E-state index contributed by atoms with van der Waals surface area (Å²) >= 11 is 2.91. The van der Waals surface area contributed by atoms with Gasteiger partial charge in [-0.25, -0.2) is 0 Å². The number of carbonyl (C=O) groups is 1. The molecule has 3 aromatic rings. The lowest BCUT2D eigenvalue weighted by atomic mass is 9.96. The number of hydrogen-bond donors (Lipinski definition) is 1. The van der Waals surface area contributed by atoms with E-state index in [0.717, 1.165) is 54.9 Å². The second-order valence-electron chi connectivity index (χ2n) is 8.40. The standard InChI is InChI=1S/C24H27N5O2S2/c1-15(2)13-29-22(16-8-10-17(31-3)11-9-16)27-28-24(29)32-14-21(30)26-23-19(12-25)18-6-4-5-7-20(18)33-23/h8-11,15H,4-7,13-14H2,1-3H3,(H,26,30). The minimum atomic E-state index is -0.139. The van der Waals surface area contributed by atoms with E-state index in [1.54, 1.807) is 18.4 Å². The van der Waals surface area contributed by atoms with E-state index in [1.807, 2.05) is 24.3 Å². The first-order valence-corrected chi connectivity index (χ1v) is 12.8. The first kappa shape index (κ1) is 23.3. The lowest BCUT2D eigenvalue weighted by Crippen LogP contribution is -2.15. The van der Waals surface area contributed by atoms with Gasteiger partial charge in [-0.1, -0.05) is 25.6 Å². The lowest BCUT2D eigenvalue weighted by molar-refractivity contribution is -0.113. The highest BCUT2D eigenvalue weighted by molar-refractivity contribution is 7.99. The summed E-state index contributed by atoms with van der Waals surface area (Å²) in [6.45, 7) is 5.02. The van der Waals surface area contributed by atoms with E-state index in [0.29, 0.717) is 21.6 Å². The number of hydrogen-bond acceptors (Lipinski definition) is 7. The molecule has 4 rings (SSSR count). The molecule has 0 radical (unpaired) electrons. The minimum Gasteiger partial charge on any atom is -0.497 e. The van der Waals surface area contributed by atoms with Crippen LogP contribution in [-0.4, -0.2) is 33.5 Å². The number of nitrogens with zero attached hydrogens (tertiary/aromatic N) is 4. The van der Waals surface area contributed by atoms with Gasteiger partial charge in [0.2, 0.25) is 5.91 Å². The van der Waals surface area contributed by atoms with Gasteiger partial charge in [0.1, 0.15) is 16.8 Å². The Morgan fingerprint density at radius 2 is 2.03 bits per heavy atom. The number of benzene rings is 1. The summed E-state index contributed by atoms with van der Waals surface area (Å²) in [5.74, 6) is 2.01. The second-order valence-corrected chi connectivity index (χ2v) is 10.5. The van der Waals surface area contributed by atoms with Gasteiger partial charge in [-0.2, -0.15) is 5.26 Å². The van der Waals surface area contributed by atoms with Crippen molar-refractivity contribution < 1.29 is 9.53 Å². The third kappa shape index (κ3) is 5.23. The van der Waals surface area contributed by atoms with Crippen molar-refractivity contribution in [2.24, 2.45) is 5.92 Å². The second kappa shape index (κ2) is 10.4. The van der Waals surface area contributed by atoms with E-state index in [1.165, 1.54) is 16.6 Å². The summed E-state index contributed by atoms with van der Waals surface area (Å²) in [5, 5.41) is 22.7. The van der Waals surface area contributed by atoms with Crippen LogP contribution in [0.2, 0.25) is 0 Å². The van der Waals surface area contributed by atoms with Crippen LogP contribution in [-0.2, 0) is 24.2 Å². The van der Waals surface area contributed by atoms with E-state index >= 15 is 0 Å². The summed E-state index contributed by atoms with van der Waals surface area (Å²) in [5.41, 5.74) is 2.71. The highest BCUT2D eigenvalue weighted by Gasteiger charge is 2.22. The molecule has 7 nitrogen and oxygen atoms in total. The average molecular weight is 482 g/mol. The van der Waals surface area contributed by atoms with Crippen molar-refractivity contribution in [2.75, 3.05) is 18.2 Å². The fourth-order valence-corrected chi connectivity index (χ4v) is 5.95. The number of thioether (sulfide) groups is 1. The molecule has 0 unspecified atom stereocenters. The monoisotopic (exact) mass is 481 g/mol. The fourth-order valence-electron chi connectivity index (χ4n) is 3.94. The summed E-state index contributed by atoms with van der Waals surface area (Å²) in [4.78, 5) is 14.0. The Kier molecular flexibility index (Phi) is 7.36. The quantitative estimate of drug-likeness (QED) is 0.447. The van der Waals surface area contributed by atoms with Crippen LogP contribution in [0, 0.1) is 17.2 Å². The maximum absolute atomic E-state index is 12.7. The van der Waals surface area contributed by atoms with Gasteiger partial charge in [0.05, 0.1) is 18.4 Å². The molecule has 0 fully saturated rings. The number of nitrogens with one attached hydrogen (secondary N) is 1. The number of ether oxygens (including phenoxy) is 1. The van der Waals surface area contributed by atoms with Crippen molar-refractivity contribution in [1.82, 2.24) is 14.8 Å². The third-order valence-electron chi connectivity index (χ3n) is 5.48. The number of anilines is 1. The highest BCUT2D eigenvalue weighted by atomic mass is 32.2. The van der Waals surface area contributed by atoms with Gasteiger partial charge in [0, 0.05) is 17.0 Å². The molecule has 172 valence electrons. The van der Waals surface area contributed by atoms with Crippen molar-refractivity contribution in [3.63, 3.8) is 0 Å².